The SMILES string of the molecule is O=C(NC[C@@H]1CCOC1)c1cc(-c2ccc(Cl)cc2)n[nH]1. The number of hydrogen-bond donors (Lipinski definition) is 2. The topological polar surface area (TPSA) is 67.0 Å². The van der Waals surface area contributed by atoms with E-state index >= 15 is 0 Å². The van der Waals surface area contributed by atoms with Crippen molar-refractivity contribution in [3.63, 3.8) is 0 Å². The lowest BCUT2D eigenvalue weighted by Gasteiger charge is -2.07. The molecule has 0 aliphatic carbocycles. The summed E-state index contributed by atoms with van der Waals surface area (Å²) in [6, 6.07) is 9.08. The van der Waals surface area contributed by atoms with Crippen LogP contribution in [0.5, 0.6) is 0 Å². The molecule has 2 N–H and O–H groups in total. The lowest BCUT2D eigenvalue weighted by Crippen LogP contribution is -2.29. The summed E-state index contributed by atoms with van der Waals surface area (Å²) in [5.74, 6) is 0.266. The Morgan fingerprint density at radius 2 is 2.24 bits per heavy atom. The third kappa shape index (κ3) is 3.43. The van der Waals surface area contributed by atoms with Crippen LogP contribution in [0.15, 0.2) is 30.3 Å². The fourth-order valence-electron chi connectivity index (χ4n) is 2.28. The number of carbonyl (C=O) groups excluding carboxylic acids is 1. The van der Waals surface area contributed by atoms with E-state index in [-0.39, 0.29) is 5.91 Å². The molecular weight excluding hydrogens is 290 g/mol. The third-order valence-corrected chi connectivity index (χ3v) is 3.79. The third-order valence-electron chi connectivity index (χ3n) is 3.54. The second-order valence-electron chi connectivity index (χ2n) is 5.11. The van der Waals surface area contributed by atoms with E-state index in [0.29, 0.717) is 23.2 Å². The van der Waals surface area contributed by atoms with Gasteiger partial charge in [-0.25, -0.2) is 0 Å². The summed E-state index contributed by atoms with van der Waals surface area (Å²) in [4.78, 5) is 12.1. The van der Waals surface area contributed by atoms with Crippen molar-refractivity contribution in [2.75, 3.05) is 19.8 Å². The zero-order chi connectivity index (χ0) is 14.7. The van der Waals surface area contributed by atoms with Crippen LogP contribution in [-0.2, 0) is 4.74 Å². The molecule has 1 saturated heterocycles. The number of benzene rings is 1. The molecule has 2 aromatic rings. The lowest BCUT2D eigenvalue weighted by molar-refractivity contribution is 0.0940. The number of rotatable bonds is 4. The van der Waals surface area contributed by atoms with Crippen LogP contribution in [0.25, 0.3) is 11.3 Å². The summed E-state index contributed by atoms with van der Waals surface area (Å²) in [7, 11) is 0. The predicted octanol–water partition coefficient (Wildman–Crippen LogP) is 2.50. The molecule has 6 heteroatoms. The normalized spacial score (nSPS) is 17.9. The van der Waals surface area contributed by atoms with Gasteiger partial charge in [-0.3, -0.25) is 9.89 Å². The molecule has 0 unspecified atom stereocenters. The quantitative estimate of drug-likeness (QED) is 0.912. The molecular formula is C15H16ClN3O2. The Hall–Kier alpha value is -1.85. The fraction of sp³-hybridized carbons (Fsp3) is 0.333. The zero-order valence-corrected chi connectivity index (χ0v) is 12.2. The number of carbonyl (C=O) groups is 1. The minimum atomic E-state index is -0.144. The molecule has 0 bridgehead atoms. The maximum atomic E-state index is 12.1. The fourth-order valence-corrected chi connectivity index (χ4v) is 2.41. The van der Waals surface area contributed by atoms with Gasteiger partial charge < -0.3 is 10.1 Å². The number of nitrogens with one attached hydrogen (secondary N) is 2. The van der Waals surface area contributed by atoms with Crippen LogP contribution in [-0.4, -0.2) is 35.9 Å². The van der Waals surface area contributed by atoms with Gasteiger partial charge in [0.1, 0.15) is 5.69 Å². The van der Waals surface area contributed by atoms with Crippen LogP contribution < -0.4 is 5.32 Å². The predicted molar refractivity (Wildman–Crippen MR) is 80.3 cm³/mol. The monoisotopic (exact) mass is 305 g/mol. The maximum absolute atomic E-state index is 12.1. The molecule has 1 amide bonds. The van der Waals surface area contributed by atoms with Gasteiger partial charge in [0.05, 0.1) is 12.3 Å². The highest BCUT2D eigenvalue weighted by Gasteiger charge is 2.17. The number of H-pyrrole nitrogens is 1. The van der Waals surface area contributed by atoms with Crippen molar-refractivity contribution in [2.45, 2.75) is 6.42 Å². The number of nitrogens with zero attached hydrogens (tertiary/aromatic N) is 1. The molecule has 1 aromatic heterocycles. The van der Waals surface area contributed by atoms with Gasteiger partial charge in [-0.05, 0) is 24.6 Å². The van der Waals surface area contributed by atoms with Crippen molar-refractivity contribution >= 4 is 17.5 Å². The molecule has 1 aliphatic rings. The molecule has 3 rings (SSSR count). The van der Waals surface area contributed by atoms with Crippen molar-refractivity contribution in [3.05, 3.63) is 41.0 Å². The van der Waals surface area contributed by atoms with Gasteiger partial charge in [-0.15, -0.1) is 0 Å². The van der Waals surface area contributed by atoms with Gasteiger partial charge in [-0.1, -0.05) is 23.7 Å². The minimum absolute atomic E-state index is 0.144. The molecule has 1 aromatic carbocycles. The van der Waals surface area contributed by atoms with E-state index in [1.807, 2.05) is 12.1 Å². The Bertz CT molecular complexity index is 618. The van der Waals surface area contributed by atoms with Gasteiger partial charge in [0.2, 0.25) is 0 Å². The number of hydrogen-bond acceptors (Lipinski definition) is 3. The van der Waals surface area contributed by atoms with Crippen molar-refractivity contribution in [2.24, 2.45) is 5.92 Å². The largest absolute Gasteiger partial charge is 0.381 e. The van der Waals surface area contributed by atoms with E-state index in [1.54, 1.807) is 18.2 Å². The highest BCUT2D eigenvalue weighted by molar-refractivity contribution is 6.30. The summed E-state index contributed by atoms with van der Waals surface area (Å²) in [6.07, 6.45) is 0.999. The number of aromatic nitrogens is 2. The molecule has 0 spiro atoms. The van der Waals surface area contributed by atoms with Crippen LogP contribution in [0.1, 0.15) is 16.9 Å². The van der Waals surface area contributed by atoms with Gasteiger partial charge in [-0.2, -0.15) is 5.10 Å². The van der Waals surface area contributed by atoms with Gasteiger partial charge >= 0.3 is 0 Å². The second-order valence-corrected chi connectivity index (χ2v) is 5.55. The maximum Gasteiger partial charge on any atom is 0.269 e. The first-order valence-electron chi connectivity index (χ1n) is 6.89. The van der Waals surface area contributed by atoms with E-state index in [9.17, 15) is 4.79 Å². The Morgan fingerprint density at radius 3 is 2.95 bits per heavy atom. The van der Waals surface area contributed by atoms with Crippen molar-refractivity contribution in [1.82, 2.24) is 15.5 Å². The smallest absolute Gasteiger partial charge is 0.269 e. The van der Waals surface area contributed by atoms with Gasteiger partial charge in [0, 0.05) is 29.7 Å². The van der Waals surface area contributed by atoms with Crippen molar-refractivity contribution in [1.29, 1.82) is 0 Å². The minimum Gasteiger partial charge on any atom is -0.381 e. The van der Waals surface area contributed by atoms with Gasteiger partial charge in [0.15, 0.2) is 0 Å². The van der Waals surface area contributed by atoms with E-state index in [2.05, 4.69) is 15.5 Å². The zero-order valence-electron chi connectivity index (χ0n) is 11.4. The second kappa shape index (κ2) is 6.28. The average Bonchev–Trinajstić information content (AvgIpc) is 3.17. The number of amides is 1. The number of ether oxygens (including phenoxy) is 1. The molecule has 1 fully saturated rings. The summed E-state index contributed by atoms with van der Waals surface area (Å²) >= 11 is 5.86. The Kier molecular flexibility index (Phi) is 4.22. The highest BCUT2D eigenvalue weighted by atomic mass is 35.5. The molecule has 2 heterocycles. The average molecular weight is 306 g/mol. The number of halogens is 1. The number of aromatic amines is 1. The first-order valence-corrected chi connectivity index (χ1v) is 7.27. The molecule has 0 saturated carbocycles. The summed E-state index contributed by atoms with van der Waals surface area (Å²) in [5, 5.41) is 10.5. The standard InChI is InChI=1S/C15H16ClN3O2/c16-12-3-1-11(2-4-12)13-7-14(19-18-13)15(20)17-8-10-5-6-21-9-10/h1-4,7,10H,5-6,8-9H2,(H,17,20)(H,18,19)/t10-/m0/s1. The molecule has 21 heavy (non-hydrogen) atoms. The van der Waals surface area contributed by atoms with E-state index < -0.39 is 0 Å². The molecule has 1 aliphatic heterocycles. The Labute approximate surface area is 127 Å². The molecule has 110 valence electrons. The van der Waals surface area contributed by atoms with Crippen LogP contribution >= 0.6 is 11.6 Å². The van der Waals surface area contributed by atoms with Crippen LogP contribution in [0.4, 0.5) is 0 Å². The summed E-state index contributed by atoms with van der Waals surface area (Å²) in [6.45, 7) is 2.14. The van der Waals surface area contributed by atoms with Crippen LogP contribution in [0.2, 0.25) is 5.02 Å². The van der Waals surface area contributed by atoms with E-state index in [4.69, 9.17) is 16.3 Å². The Balaban J connectivity index is 1.63. The van der Waals surface area contributed by atoms with Crippen LogP contribution in [0, 0.1) is 5.92 Å². The first-order chi connectivity index (χ1) is 10.2. The van der Waals surface area contributed by atoms with E-state index in [1.165, 1.54) is 0 Å². The van der Waals surface area contributed by atoms with Crippen molar-refractivity contribution < 1.29 is 9.53 Å². The van der Waals surface area contributed by atoms with Gasteiger partial charge in [0.25, 0.3) is 5.91 Å². The van der Waals surface area contributed by atoms with E-state index in [0.717, 1.165) is 30.9 Å². The summed E-state index contributed by atoms with van der Waals surface area (Å²) < 4.78 is 5.28. The highest BCUT2D eigenvalue weighted by Crippen LogP contribution is 2.20. The molecule has 5 nitrogen and oxygen atoms in total. The Morgan fingerprint density at radius 1 is 1.43 bits per heavy atom. The first kappa shape index (κ1) is 14.1. The molecule has 1 atom stereocenters. The van der Waals surface area contributed by atoms with Crippen molar-refractivity contribution in [3.8, 4) is 11.3 Å². The lowest BCUT2D eigenvalue weighted by atomic mass is 10.1. The summed E-state index contributed by atoms with van der Waals surface area (Å²) in [5.41, 5.74) is 2.10. The molecule has 0 radical (unpaired) electrons. The van der Waals surface area contributed by atoms with Crippen LogP contribution in [0.3, 0.4) is 0 Å².